The van der Waals surface area contributed by atoms with Crippen molar-refractivity contribution in [3.8, 4) is 5.88 Å². The minimum Gasteiger partial charge on any atom is -0.480 e. The van der Waals surface area contributed by atoms with E-state index in [1.165, 1.54) is 24.3 Å². The zero-order chi connectivity index (χ0) is 15.7. The number of carbonyl (C=O) groups is 1. The Kier molecular flexibility index (Phi) is 3.83. The number of fused-ring (bicyclic) bond motifs is 1. The van der Waals surface area contributed by atoms with Crippen molar-refractivity contribution in [3.05, 3.63) is 46.9 Å². The maximum Gasteiger partial charge on any atom is 0.254 e. The minimum absolute atomic E-state index is 0.0898. The van der Waals surface area contributed by atoms with Crippen LogP contribution in [0.4, 0.5) is 4.39 Å². The van der Waals surface area contributed by atoms with Crippen LogP contribution in [0.25, 0.3) is 0 Å². The quantitative estimate of drug-likeness (QED) is 0.854. The van der Waals surface area contributed by atoms with Crippen LogP contribution in [0.2, 0.25) is 0 Å². The number of halogens is 1. The molecule has 0 aliphatic carbocycles. The molecule has 1 aromatic heterocycles. The highest BCUT2D eigenvalue weighted by molar-refractivity contribution is 5.94. The molecule has 1 aliphatic rings. The first-order valence-corrected chi connectivity index (χ1v) is 7.23. The Bertz CT molecular complexity index is 694. The van der Waals surface area contributed by atoms with Gasteiger partial charge >= 0.3 is 0 Å². The topological polar surface area (TPSA) is 47.4 Å². The van der Waals surface area contributed by atoms with E-state index in [9.17, 15) is 9.18 Å². The Balaban J connectivity index is 1.88. The molecule has 0 radical (unpaired) electrons. The first-order chi connectivity index (χ1) is 10.6. The van der Waals surface area contributed by atoms with Gasteiger partial charge < -0.3 is 9.64 Å². The van der Waals surface area contributed by atoms with Gasteiger partial charge in [-0.25, -0.2) is 4.39 Å². The molecule has 0 spiro atoms. The van der Waals surface area contributed by atoms with Crippen LogP contribution in [0.3, 0.4) is 0 Å². The van der Waals surface area contributed by atoms with E-state index in [0.29, 0.717) is 24.5 Å². The molecule has 0 N–H and O–H groups in total. The van der Waals surface area contributed by atoms with Crippen molar-refractivity contribution in [1.29, 1.82) is 0 Å². The molecule has 5 nitrogen and oxygen atoms in total. The Morgan fingerprint density at radius 1 is 1.32 bits per heavy atom. The largest absolute Gasteiger partial charge is 0.480 e. The molecule has 0 saturated heterocycles. The lowest BCUT2D eigenvalue weighted by Gasteiger charge is -2.21. The van der Waals surface area contributed by atoms with Crippen LogP contribution in [-0.2, 0) is 20.0 Å². The van der Waals surface area contributed by atoms with E-state index in [-0.39, 0.29) is 11.7 Å². The van der Waals surface area contributed by atoms with Gasteiger partial charge in [0, 0.05) is 24.7 Å². The van der Waals surface area contributed by atoms with E-state index in [4.69, 9.17) is 4.74 Å². The summed E-state index contributed by atoms with van der Waals surface area (Å²) in [6.07, 6.45) is 1.68. The number of ether oxygens (including phenoxy) is 1. The summed E-state index contributed by atoms with van der Waals surface area (Å²) < 4.78 is 20.1. The number of nitrogens with zero attached hydrogens (tertiary/aromatic N) is 3. The lowest BCUT2D eigenvalue weighted by atomic mass is 10.1. The summed E-state index contributed by atoms with van der Waals surface area (Å²) in [5, 5.41) is 4.34. The van der Waals surface area contributed by atoms with Gasteiger partial charge in [-0.15, -0.1) is 5.10 Å². The first kappa shape index (κ1) is 14.6. The van der Waals surface area contributed by atoms with Crippen LogP contribution in [0, 0.1) is 5.82 Å². The van der Waals surface area contributed by atoms with Gasteiger partial charge in [-0.2, -0.15) is 0 Å². The summed E-state index contributed by atoms with van der Waals surface area (Å²) in [5.74, 6) is 0.202. The third-order valence-corrected chi connectivity index (χ3v) is 4.01. The highest BCUT2D eigenvalue weighted by atomic mass is 19.1. The average molecular weight is 303 g/mol. The number of methoxy groups -OCH3 is 1. The molecular formula is C16H18FN3O2. The van der Waals surface area contributed by atoms with Crippen molar-refractivity contribution >= 4 is 5.91 Å². The third kappa shape index (κ3) is 2.56. The number of benzene rings is 1. The second-order valence-corrected chi connectivity index (χ2v) is 5.40. The van der Waals surface area contributed by atoms with Crippen LogP contribution < -0.4 is 4.74 Å². The van der Waals surface area contributed by atoms with E-state index in [0.717, 1.165) is 24.1 Å². The van der Waals surface area contributed by atoms with E-state index in [1.54, 1.807) is 16.7 Å². The second kappa shape index (κ2) is 5.79. The predicted octanol–water partition coefficient (Wildman–Crippen LogP) is 2.16. The fourth-order valence-corrected chi connectivity index (χ4v) is 2.84. The van der Waals surface area contributed by atoms with Gasteiger partial charge in [-0.3, -0.25) is 9.48 Å². The molecule has 0 bridgehead atoms. The molecule has 0 atom stereocenters. The number of hydrogen-bond acceptors (Lipinski definition) is 3. The molecule has 6 heteroatoms. The zero-order valence-corrected chi connectivity index (χ0v) is 12.7. The number of aromatic nitrogens is 2. The fourth-order valence-electron chi connectivity index (χ4n) is 2.84. The van der Waals surface area contributed by atoms with Gasteiger partial charge in [0.15, 0.2) is 0 Å². The Morgan fingerprint density at radius 2 is 2.05 bits per heavy atom. The van der Waals surface area contributed by atoms with Gasteiger partial charge in [-0.05, 0) is 37.1 Å². The van der Waals surface area contributed by atoms with Crippen LogP contribution >= 0.6 is 0 Å². The molecule has 1 aromatic carbocycles. The Labute approximate surface area is 128 Å². The molecule has 3 rings (SSSR count). The van der Waals surface area contributed by atoms with E-state index >= 15 is 0 Å². The normalized spacial score (nSPS) is 14.4. The second-order valence-electron chi connectivity index (χ2n) is 5.40. The Hall–Kier alpha value is -2.37. The van der Waals surface area contributed by atoms with Gasteiger partial charge in [0.25, 0.3) is 5.91 Å². The van der Waals surface area contributed by atoms with Gasteiger partial charge in [0.2, 0.25) is 5.88 Å². The summed E-state index contributed by atoms with van der Waals surface area (Å²) in [4.78, 5) is 14.4. The van der Waals surface area contributed by atoms with Crippen LogP contribution in [0.15, 0.2) is 24.3 Å². The number of amides is 1. The molecule has 116 valence electrons. The van der Waals surface area contributed by atoms with Crippen molar-refractivity contribution in [2.75, 3.05) is 13.7 Å². The molecule has 2 aromatic rings. The van der Waals surface area contributed by atoms with E-state index in [1.807, 2.05) is 7.05 Å². The molecule has 0 saturated carbocycles. The van der Waals surface area contributed by atoms with E-state index < -0.39 is 0 Å². The smallest absolute Gasteiger partial charge is 0.254 e. The number of carbonyl (C=O) groups excluding carboxylic acids is 1. The zero-order valence-electron chi connectivity index (χ0n) is 12.7. The van der Waals surface area contributed by atoms with Crippen molar-refractivity contribution in [1.82, 2.24) is 14.7 Å². The standard InChI is InChI=1S/C16H18FN3O2/c1-19-14-10-20(9-3-4-13(14)15(18-19)22-2)16(21)11-5-7-12(17)8-6-11/h5-8H,3-4,9-10H2,1-2H3. The Morgan fingerprint density at radius 3 is 2.73 bits per heavy atom. The molecule has 2 heterocycles. The maximum absolute atomic E-state index is 13.0. The van der Waals surface area contributed by atoms with Crippen LogP contribution in [0.5, 0.6) is 5.88 Å². The SMILES string of the molecule is COc1nn(C)c2c1CCCN(C(=O)c1ccc(F)cc1)C2. The monoisotopic (exact) mass is 303 g/mol. The number of hydrogen-bond donors (Lipinski definition) is 0. The fraction of sp³-hybridized carbons (Fsp3) is 0.375. The highest BCUT2D eigenvalue weighted by Gasteiger charge is 2.25. The van der Waals surface area contributed by atoms with Crippen molar-refractivity contribution < 1.29 is 13.9 Å². The van der Waals surface area contributed by atoms with Crippen LogP contribution in [-0.4, -0.2) is 34.2 Å². The minimum atomic E-state index is -0.342. The van der Waals surface area contributed by atoms with Crippen molar-refractivity contribution in [3.63, 3.8) is 0 Å². The third-order valence-electron chi connectivity index (χ3n) is 4.01. The molecule has 22 heavy (non-hydrogen) atoms. The summed E-state index contributed by atoms with van der Waals surface area (Å²) in [6.45, 7) is 1.15. The summed E-state index contributed by atoms with van der Waals surface area (Å²) >= 11 is 0. The van der Waals surface area contributed by atoms with E-state index in [2.05, 4.69) is 5.10 Å². The van der Waals surface area contributed by atoms with Gasteiger partial charge in [0.05, 0.1) is 19.3 Å². The van der Waals surface area contributed by atoms with Gasteiger partial charge in [-0.1, -0.05) is 0 Å². The molecule has 0 fully saturated rings. The lowest BCUT2D eigenvalue weighted by molar-refractivity contribution is 0.0742. The van der Waals surface area contributed by atoms with Crippen LogP contribution in [0.1, 0.15) is 28.0 Å². The van der Waals surface area contributed by atoms with Crippen molar-refractivity contribution in [2.45, 2.75) is 19.4 Å². The summed E-state index contributed by atoms with van der Waals surface area (Å²) in [5.41, 5.74) is 2.56. The predicted molar refractivity (Wildman–Crippen MR) is 79.2 cm³/mol. The van der Waals surface area contributed by atoms with Gasteiger partial charge in [0.1, 0.15) is 5.82 Å². The van der Waals surface area contributed by atoms with Crippen molar-refractivity contribution in [2.24, 2.45) is 7.05 Å². The summed E-state index contributed by atoms with van der Waals surface area (Å²) in [7, 11) is 3.46. The number of rotatable bonds is 2. The number of aryl methyl sites for hydroxylation is 1. The molecule has 0 unspecified atom stereocenters. The molecule has 1 aliphatic heterocycles. The summed E-state index contributed by atoms with van der Waals surface area (Å²) in [6, 6.07) is 5.66. The average Bonchev–Trinajstić information content (AvgIpc) is 2.70. The molecule has 1 amide bonds. The lowest BCUT2D eigenvalue weighted by Crippen LogP contribution is -2.31. The molecular weight excluding hydrogens is 285 g/mol. The maximum atomic E-state index is 13.0. The highest BCUT2D eigenvalue weighted by Crippen LogP contribution is 2.27. The first-order valence-electron chi connectivity index (χ1n) is 7.23.